The van der Waals surface area contributed by atoms with Crippen LogP contribution in [0.4, 0.5) is 5.69 Å². The maximum absolute atomic E-state index is 11.8. The number of hydrogen-bond acceptors (Lipinski definition) is 4. The van der Waals surface area contributed by atoms with Crippen LogP contribution < -0.4 is 5.32 Å². The zero-order valence-corrected chi connectivity index (χ0v) is 13.1. The summed E-state index contributed by atoms with van der Waals surface area (Å²) in [5.41, 5.74) is 3.16. The monoisotopic (exact) mass is 313 g/mol. The molecule has 0 atom stereocenters. The summed E-state index contributed by atoms with van der Waals surface area (Å²) in [4.78, 5) is 0.247. The van der Waals surface area contributed by atoms with Crippen molar-refractivity contribution in [1.82, 2.24) is 10.2 Å². The van der Waals surface area contributed by atoms with E-state index < -0.39 is 9.84 Å². The van der Waals surface area contributed by atoms with Gasteiger partial charge in [0.15, 0.2) is 9.84 Å². The Morgan fingerprint density at radius 1 is 1.35 bits per heavy atom. The van der Waals surface area contributed by atoms with E-state index in [1.165, 1.54) is 6.26 Å². The van der Waals surface area contributed by atoms with Gasteiger partial charge in [-0.2, -0.15) is 5.10 Å². The third-order valence-corrected chi connectivity index (χ3v) is 4.58. The first-order chi connectivity index (χ1) is 9.30. The van der Waals surface area contributed by atoms with Crippen LogP contribution in [0.25, 0.3) is 0 Å². The molecule has 2 N–H and O–H groups in total. The minimum absolute atomic E-state index is 0.247. The molecule has 108 valence electrons. The van der Waals surface area contributed by atoms with Crippen LogP contribution in [0.3, 0.4) is 0 Å². The molecule has 2 aromatic rings. The number of aromatic nitrogens is 2. The first kappa shape index (κ1) is 14.9. The molecule has 0 aliphatic rings. The highest BCUT2D eigenvalue weighted by atomic mass is 35.5. The van der Waals surface area contributed by atoms with Crippen LogP contribution in [0.1, 0.15) is 17.0 Å². The van der Waals surface area contributed by atoms with Crippen LogP contribution >= 0.6 is 11.6 Å². The van der Waals surface area contributed by atoms with Gasteiger partial charge in [0.1, 0.15) is 0 Å². The van der Waals surface area contributed by atoms with Crippen molar-refractivity contribution in [2.24, 2.45) is 0 Å². The maximum Gasteiger partial charge on any atom is 0.175 e. The number of H-pyrrole nitrogens is 1. The summed E-state index contributed by atoms with van der Waals surface area (Å²) in [7, 11) is -3.32. The van der Waals surface area contributed by atoms with Crippen molar-refractivity contribution in [2.45, 2.75) is 25.3 Å². The van der Waals surface area contributed by atoms with E-state index in [2.05, 4.69) is 15.5 Å². The van der Waals surface area contributed by atoms with Gasteiger partial charge >= 0.3 is 0 Å². The second-order valence-electron chi connectivity index (χ2n) is 4.65. The molecule has 0 aliphatic carbocycles. The van der Waals surface area contributed by atoms with Gasteiger partial charge in [-0.25, -0.2) is 8.42 Å². The molecule has 20 heavy (non-hydrogen) atoms. The lowest BCUT2D eigenvalue weighted by Crippen LogP contribution is -2.08. The summed E-state index contributed by atoms with van der Waals surface area (Å²) in [5.74, 6) is 0. The Balaban J connectivity index is 2.35. The van der Waals surface area contributed by atoms with Gasteiger partial charge in [-0.3, -0.25) is 5.10 Å². The van der Waals surface area contributed by atoms with E-state index in [1.54, 1.807) is 18.2 Å². The Hall–Kier alpha value is -1.53. The van der Waals surface area contributed by atoms with E-state index >= 15 is 0 Å². The van der Waals surface area contributed by atoms with Crippen molar-refractivity contribution < 1.29 is 8.42 Å². The molecule has 5 nitrogen and oxygen atoms in total. The quantitative estimate of drug-likeness (QED) is 0.910. The fraction of sp³-hybridized carbons (Fsp3) is 0.308. The van der Waals surface area contributed by atoms with Crippen LogP contribution in [-0.2, 0) is 16.4 Å². The average Bonchev–Trinajstić information content (AvgIpc) is 2.66. The predicted octanol–water partition coefficient (Wildman–Crippen LogP) is 2.70. The Bertz CT molecular complexity index is 719. The number of halogens is 1. The predicted molar refractivity (Wildman–Crippen MR) is 80.0 cm³/mol. The van der Waals surface area contributed by atoms with Crippen molar-refractivity contribution >= 4 is 27.1 Å². The van der Waals surface area contributed by atoms with Gasteiger partial charge in [0.25, 0.3) is 0 Å². The molecule has 2 rings (SSSR count). The standard InChI is InChI=1S/C13H16ClN3O2S/c1-8-13(9(2)17-16-8)15-7-10-11(14)5-4-6-12(10)20(3,18)19/h4-6,15H,7H2,1-3H3,(H,16,17). The van der Waals surface area contributed by atoms with Gasteiger partial charge in [0.05, 0.1) is 22.0 Å². The van der Waals surface area contributed by atoms with Gasteiger partial charge in [0, 0.05) is 23.4 Å². The highest BCUT2D eigenvalue weighted by Gasteiger charge is 2.16. The second kappa shape index (κ2) is 5.46. The van der Waals surface area contributed by atoms with E-state index in [0.29, 0.717) is 17.1 Å². The summed E-state index contributed by atoms with van der Waals surface area (Å²) < 4.78 is 23.6. The first-order valence-corrected chi connectivity index (χ1v) is 8.30. The largest absolute Gasteiger partial charge is 0.378 e. The van der Waals surface area contributed by atoms with Crippen molar-refractivity contribution in [3.63, 3.8) is 0 Å². The van der Waals surface area contributed by atoms with Crippen LogP contribution in [-0.4, -0.2) is 24.9 Å². The summed E-state index contributed by atoms with van der Waals surface area (Å²) in [6.45, 7) is 4.09. The molecule has 0 aliphatic heterocycles. The molecule has 1 aromatic carbocycles. The number of nitrogens with zero attached hydrogens (tertiary/aromatic N) is 1. The summed E-state index contributed by atoms with van der Waals surface area (Å²) in [6.07, 6.45) is 1.18. The van der Waals surface area contributed by atoms with Gasteiger partial charge < -0.3 is 5.32 Å². The van der Waals surface area contributed by atoms with E-state index in [9.17, 15) is 8.42 Å². The molecule has 0 amide bonds. The molecular weight excluding hydrogens is 298 g/mol. The van der Waals surface area contributed by atoms with Gasteiger partial charge in [-0.1, -0.05) is 17.7 Å². The van der Waals surface area contributed by atoms with Crippen LogP contribution in [0, 0.1) is 13.8 Å². The zero-order chi connectivity index (χ0) is 14.9. The molecule has 1 aromatic heterocycles. The summed E-state index contributed by atoms with van der Waals surface area (Å²) in [6, 6.07) is 4.88. The lowest BCUT2D eigenvalue weighted by Gasteiger charge is -2.12. The van der Waals surface area contributed by atoms with E-state index in [0.717, 1.165) is 17.1 Å². The number of aromatic amines is 1. The van der Waals surface area contributed by atoms with Crippen molar-refractivity contribution in [3.8, 4) is 0 Å². The van der Waals surface area contributed by atoms with Crippen molar-refractivity contribution in [1.29, 1.82) is 0 Å². The number of sulfone groups is 1. The molecule has 0 saturated carbocycles. The van der Waals surface area contributed by atoms with Gasteiger partial charge in [-0.05, 0) is 26.0 Å². The van der Waals surface area contributed by atoms with Crippen LogP contribution in [0.5, 0.6) is 0 Å². The summed E-state index contributed by atoms with van der Waals surface area (Å²) >= 11 is 6.13. The van der Waals surface area contributed by atoms with E-state index in [-0.39, 0.29) is 4.90 Å². The highest BCUT2D eigenvalue weighted by molar-refractivity contribution is 7.90. The Kier molecular flexibility index (Phi) is 4.06. The van der Waals surface area contributed by atoms with E-state index in [1.807, 2.05) is 13.8 Å². The Morgan fingerprint density at radius 3 is 2.60 bits per heavy atom. The van der Waals surface area contributed by atoms with Crippen LogP contribution in [0.15, 0.2) is 23.1 Å². The maximum atomic E-state index is 11.8. The fourth-order valence-corrected chi connectivity index (χ4v) is 3.30. The molecular formula is C13H16ClN3O2S. The number of benzene rings is 1. The molecule has 1 heterocycles. The lowest BCUT2D eigenvalue weighted by molar-refractivity contribution is 0.601. The molecule has 0 unspecified atom stereocenters. The molecule has 0 spiro atoms. The highest BCUT2D eigenvalue weighted by Crippen LogP contribution is 2.26. The molecule has 0 bridgehead atoms. The number of rotatable bonds is 4. The van der Waals surface area contributed by atoms with Crippen LogP contribution in [0.2, 0.25) is 5.02 Å². The minimum Gasteiger partial charge on any atom is -0.378 e. The number of hydrogen-bond donors (Lipinski definition) is 2. The average molecular weight is 314 g/mol. The second-order valence-corrected chi connectivity index (χ2v) is 7.04. The molecule has 0 radical (unpaired) electrons. The molecule has 0 saturated heterocycles. The zero-order valence-electron chi connectivity index (χ0n) is 11.5. The smallest absolute Gasteiger partial charge is 0.175 e. The number of nitrogens with one attached hydrogen (secondary N) is 2. The molecule has 7 heteroatoms. The van der Waals surface area contributed by atoms with Gasteiger partial charge in [0.2, 0.25) is 0 Å². The first-order valence-electron chi connectivity index (χ1n) is 6.03. The fourth-order valence-electron chi connectivity index (χ4n) is 2.05. The lowest BCUT2D eigenvalue weighted by atomic mass is 10.2. The number of aryl methyl sites for hydroxylation is 2. The topological polar surface area (TPSA) is 74.8 Å². The third kappa shape index (κ3) is 2.96. The molecule has 0 fully saturated rings. The Morgan fingerprint density at radius 2 is 2.05 bits per heavy atom. The number of anilines is 1. The SMILES string of the molecule is Cc1n[nH]c(C)c1NCc1c(Cl)cccc1S(C)(=O)=O. The Labute approximate surface area is 123 Å². The minimum atomic E-state index is -3.32. The van der Waals surface area contributed by atoms with E-state index in [4.69, 9.17) is 11.6 Å². The van der Waals surface area contributed by atoms with Gasteiger partial charge in [-0.15, -0.1) is 0 Å². The van der Waals surface area contributed by atoms with Crippen molar-refractivity contribution in [3.05, 3.63) is 40.2 Å². The summed E-state index contributed by atoms with van der Waals surface area (Å²) in [5, 5.41) is 10.6. The normalized spacial score (nSPS) is 11.6. The third-order valence-electron chi connectivity index (χ3n) is 3.05. The van der Waals surface area contributed by atoms with Crippen molar-refractivity contribution in [2.75, 3.05) is 11.6 Å².